The fourth-order valence-corrected chi connectivity index (χ4v) is 1.96. The minimum absolute atomic E-state index is 0.110. The molecule has 0 aliphatic heterocycles. The SMILES string of the molecule is COC(=O)c1cccc(NCC(=O)Nc2ccccc2C)c1. The summed E-state index contributed by atoms with van der Waals surface area (Å²) in [6.45, 7) is 2.04. The molecule has 0 aromatic heterocycles. The van der Waals surface area contributed by atoms with Gasteiger partial charge in [0.25, 0.3) is 0 Å². The number of esters is 1. The summed E-state index contributed by atoms with van der Waals surface area (Å²) >= 11 is 0. The number of carbonyl (C=O) groups is 2. The summed E-state index contributed by atoms with van der Waals surface area (Å²) in [4.78, 5) is 23.4. The molecule has 0 heterocycles. The molecule has 0 bridgehead atoms. The highest BCUT2D eigenvalue weighted by Gasteiger charge is 2.07. The number of carbonyl (C=O) groups excluding carboxylic acids is 2. The van der Waals surface area contributed by atoms with Gasteiger partial charge in [-0.25, -0.2) is 4.79 Å². The fraction of sp³-hybridized carbons (Fsp3) is 0.176. The first-order valence-corrected chi connectivity index (χ1v) is 6.88. The van der Waals surface area contributed by atoms with E-state index >= 15 is 0 Å². The van der Waals surface area contributed by atoms with Gasteiger partial charge in [-0.15, -0.1) is 0 Å². The maximum absolute atomic E-state index is 11.9. The van der Waals surface area contributed by atoms with E-state index in [1.54, 1.807) is 24.3 Å². The molecule has 2 aromatic rings. The lowest BCUT2D eigenvalue weighted by atomic mass is 10.2. The largest absolute Gasteiger partial charge is 0.465 e. The molecule has 5 heteroatoms. The third kappa shape index (κ3) is 4.09. The van der Waals surface area contributed by atoms with Gasteiger partial charge in [0.2, 0.25) is 5.91 Å². The van der Waals surface area contributed by atoms with Gasteiger partial charge < -0.3 is 15.4 Å². The van der Waals surface area contributed by atoms with Crippen LogP contribution in [0.2, 0.25) is 0 Å². The number of ether oxygens (including phenoxy) is 1. The van der Waals surface area contributed by atoms with E-state index in [9.17, 15) is 9.59 Å². The maximum atomic E-state index is 11.9. The molecule has 2 rings (SSSR count). The summed E-state index contributed by atoms with van der Waals surface area (Å²) in [7, 11) is 1.33. The Kier molecular flexibility index (Phi) is 5.14. The molecule has 22 heavy (non-hydrogen) atoms. The molecule has 0 aliphatic carbocycles. The lowest BCUT2D eigenvalue weighted by molar-refractivity contribution is -0.114. The number of benzene rings is 2. The van der Waals surface area contributed by atoms with Crippen molar-refractivity contribution in [2.45, 2.75) is 6.92 Å². The van der Waals surface area contributed by atoms with E-state index in [2.05, 4.69) is 15.4 Å². The fourth-order valence-electron chi connectivity index (χ4n) is 1.96. The van der Waals surface area contributed by atoms with Gasteiger partial charge in [0.05, 0.1) is 19.2 Å². The number of hydrogen-bond donors (Lipinski definition) is 2. The Hall–Kier alpha value is -2.82. The van der Waals surface area contributed by atoms with Gasteiger partial charge in [0, 0.05) is 11.4 Å². The van der Waals surface area contributed by atoms with Crippen molar-refractivity contribution in [3.8, 4) is 0 Å². The van der Waals surface area contributed by atoms with Gasteiger partial charge in [-0.05, 0) is 36.8 Å². The Morgan fingerprint density at radius 3 is 2.59 bits per heavy atom. The van der Waals surface area contributed by atoms with E-state index < -0.39 is 5.97 Å². The van der Waals surface area contributed by atoms with E-state index in [4.69, 9.17) is 0 Å². The molecule has 0 radical (unpaired) electrons. The van der Waals surface area contributed by atoms with Crippen molar-refractivity contribution in [2.75, 3.05) is 24.3 Å². The summed E-state index contributed by atoms with van der Waals surface area (Å²) in [5.41, 5.74) is 2.91. The van der Waals surface area contributed by atoms with Crippen LogP contribution < -0.4 is 10.6 Å². The van der Waals surface area contributed by atoms with E-state index in [1.165, 1.54) is 7.11 Å². The van der Waals surface area contributed by atoms with Crippen LogP contribution >= 0.6 is 0 Å². The molecule has 1 amide bonds. The quantitative estimate of drug-likeness (QED) is 0.833. The second-order valence-corrected chi connectivity index (χ2v) is 4.79. The number of methoxy groups -OCH3 is 1. The maximum Gasteiger partial charge on any atom is 0.337 e. The van der Waals surface area contributed by atoms with Crippen LogP contribution in [0.25, 0.3) is 0 Å². The summed E-state index contributed by atoms with van der Waals surface area (Å²) in [6, 6.07) is 14.4. The average molecular weight is 298 g/mol. The highest BCUT2D eigenvalue weighted by atomic mass is 16.5. The molecule has 0 unspecified atom stereocenters. The van der Waals surface area contributed by atoms with Gasteiger partial charge in [0.15, 0.2) is 0 Å². The molecule has 0 spiro atoms. The molecular formula is C17H18N2O3. The van der Waals surface area contributed by atoms with Crippen molar-refractivity contribution in [3.05, 3.63) is 59.7 Å². The molecule has 0 aliphatic rings. The minimum Gasteiger partial charge on any atom is -0.465 e. The average Bonchev–Trinajstić information content (AvgIpc) is 2.54. The number of aryl methyl sites for hydroxylation is 1. The lowest BCUT2D eigenvalue weighted by Crippen LogP contribution is -2.22. The minimum atomic E-state index is -0.409. The topological polar surface area (TPSA) is 67.4 Å². The Bertz CT molecular complexity index is 683. The number of nitrogens with one attached hydrogen (secondary N) is 2. The number of rotatable bonds is 5. The van der Waals surface area contributed by atoms with Gasteiger partial charge in [0.1, 0.15) is 0 Å². The summed E-state index contributed by atoms with van der Waals surface area (Å²) in [5, 5.41) is 5.82. The van der Waals surface area contributed by atoms with Crippen molar-refractivity contribution < 1.29 is 14.3 Å². The number of anilines is 2. The molecule has 2 aromatic carbocycles. The third-order valence-electron chi connectivity index (χ3n) is 3.16. The van der Waals surface area contributed by atoms with E-state index in [-0.39, 0.29) is 12.5 Å². The Labute approximate surface area is 129 Å². The zero-order valence-corrected chi connectivity index (χ0v) is 12.6. The summed E-state index contributed by atoms with van der Waals surface area (Å²) < 4.78 is 4.66. The predicted molar refractivity (Wildman–Crippen MR) is 86.1 cm³/mol. The van der Waals surface area contributed by atoms with Crippen LogP contribution in [0.15, 0.2) is 48.5 Å². The van der Waals surface area contributed by atoms with E-state index in [0.29, 0.717) is 11.3 Å². The first kappa shape index (κ1) is 15.6. The third-order valence-corrected chi connectivity index (χ3v) is 3.16. The van der Waals surface area contributed by atoms with Crippen molar-refractivity contribution in [3.63, 3.8) is 0 Å². The zero-order valence-electron chi connectivity index (χ0n) is 12.6. The smallest absolute Gasteiger partial charge is 0.337 e. The Morgan fingerprint density at radius 1 is 1.09 bits per heavy atom. The van der Waals surface area contributed by atoms with Gasteiger partial charge >= 0.3 is 5.97 Å². The predicted octanol–water partition coefficient (Wildman–Crippen LogP) is 2.83. The molecule has 0 fully saturated rings. The van der Waals surface area contributed by atoms with Crippen LogP contribution in [0, 0.1) is 6.92 Å². The molecule has 0 saturated carbocycles. The first-order chi connectivity index (χ1) is 10.6. The van der Waals surface area contributed by atoms with Crippen LogP contribution in [-0.4, -0.2) is 25.5 Å². The molecular weight excluding hydrogens is 280 g/mol. The van der Waals surface area contributed by atoms with Crippen molar-refractivity contribution in [1.82, 2.24) is 0 Å². The number of para-hydroxylation sites is 1. The van der Waals surface area contributed by atoms with Gasteiger partial charge in [-0.3, -0.25) is 4.79 Å². The lowest BCUT2D eigenvalue weighted by Gasteiger charge is -2.10. The van der Waals surface area contributed by atoms with Crippen LogP contribution in [0.1, 0.15) is 15.9 Å². The molecule has 2 N–H and O–H groups in total. The van der Waals surface area contributed by atoms with E-state index in [1.807, 2.05) is 31.2 Å². The second-order valence-electron chi connectivity index (χ2n) is 4.79. The van der Waals surface area contributed by atoms with Crippen LogP contribution in [0.4, 0.5) is 11.4 Å². The van der Waals surface area contributed by atoms with Crippen molar-refractivity contribution >= 4 is 23.3 Å². The highest BCUT2D eigenvalue weighted by molar-refractivity contribution is 5.95. The number of hydrogen-bond acceptors (Lipinski definition) is 4. The van der Waals surface area contributed by atoms with Gasteiger partial charge in [-0.1, -0.05) is 24.3 Å². The molecule has 5 nitrogen and oxygen atoms in total. The number of amides is 1. The summed E-state index contributed by atoms with van der Waals surface area (Å²) in [5.74, 6) is -0.564. The standard InChI is InChI=1S/C17H18N2O3/c1-12-6-3-4-9-15(12)19-16(20)11-18-14-8-5-7-13(10-14)17(21)22-2/h3-10,18H,11H2,1-2H3,(H,19,20). The Morgan fingerprint density at radius 2 is 1.86 bits per heavy atom. The molecule has 114 valence electrons. The Balaban J connectivity index is 1.94. The van der Waals surface area contributed by atoms with Crippen LogP contribution in [0.3, 0.4) is 0 Å². The zero-order chi connectivity index (χ0) is 15.9. The summed E-state index contributed by atoms with van der Waals surface area (Å²) in [6.07, 6.45) is 0. The van der Waals surface area contributed by atoms with Crippen LogP contribution in [0.5, 0.6) is 0 Å². The normalized spacial score (nSPS) is 9.91. The molecule has 0 atom stereocenters. The second kappa shape index (κ2) is 7.26. The molecule has 0 saturated heterocycles. The van der Waals surface area contributed by atoms with Crippen molar-refractivity contribution in [1.29, 1.82) is 0 Å². The van der Waals surface area contributed by atoms with Gasteiger partial charge in [-0.2, -0.15) is 0 Å². The van der Waals surface area contributed by atoms with Crippen LogP contribution in [-0.2, 0) is 9.53 Å². The van der Waals surface area contributed by atoms with Crippen molar-refractivity contribution in [2.24, 2.45) is 0 Å². The van der Waals surface area contributed by atoms with E-state index in [0.717, 1.165) is 11.3 Å². The highest BCUT2D eigenvalue weighted by Crippen LogP contribution is 2.14. The monoisotopic (exact) mass is 298 g/mol. The first-order valence-electron chi connectivity index (χ1n) is 6.88.